The molecule has 3 aliphatic rings. The number of fused-ring (bicyclic) bond motifs is 1. The SMILES string of the molecule is CC[C@H]1OC(=O)[C@H](C)[C@H](OC(=O)Cc2ccccn2)[C@@H](C)[C@@H](O[C@@H]2O[C@H](C)C[C@H](N(C)C)[C@H]2O)[C@](C)(OC)C[C@@H](C)C(=O)[C@H](C)[C@@H]2N(CCNS(=O)(=O)c3ccc([N+](=O)[O-])cc3)C(=O)O[C@@]21C. The van der Waals surface area contributed by atoms with Gasteiger partial charge in [0.2, 0.25) is 10.0 Å². The first-order chi connectivity index (χ1) is 31.4. The van der Waals surface area contributed by atoms with Gasteiger partial charge in [-0.1, -0.05) is 33.8 Å². The summed E-state index contributed by atoms with van der Waals surface area (Å²) in [7, 11) is 0.901. The number of Topliss-reactive ketones (excluding diaryl/α,β-unsaturated/α-hetero) is 1. The number of likely N-dealkylation sites (N-methyl/N-ethyl adjacent to an activating group) is 1. The Morgan fingerprint density at radius 2 is 1.73 bits per heavy atom. The van der Waals surface area contributed by atoms with Crippen LogP contribution in [-0.2, 0) is 59.2 Å². The number of amides is 1. The number of carbonyl (C=O) groups excluding carboxylic acids is 4. The number of pyridine rings is 1. The van der Waals surface area contributed by atoms with Crippen molar-refractivity contribution in [1.29, 1.82) is 0 Å². The number of nitrogens with zero attached hydrogens (tertiary/aromatic N) is 4. The average Bonchev–Trinajstić information content (AvgIpc) is 3.54. The number of aliphatic hydroxyl groups is 1. The minimum Gasteiger partial charge on any atom is -0.461 e. The summed E-state index contributed by atoms with van der Waals surface area (Å²) >= 11 is 0. The maximum atomic E-state index is 14.9. The van der Waals surface area contributed by atoms with Crippen molar-refractivity contribution >= 4 is 39.5 Å². The second-order valence-corrected chi connectivity index (χ2v) is 20.5. The molecule has 0 aliphatic carbocycles. The van der Waals surface area contributed by atoms with Crippen LogP contribution in [-0.4, -0.2) is 151 Å². The lowest BCUT2D eigenvalue weighted by atomic mass is 9.73. The van der Waals surface area contributed by atoms with E-state index in [0.717, 1.165) is 24.3 Å². The molecule has 1 aromatic heterocycles. The molecule has 21 heteroatoms. The summed E-state index contributed by atoms with van der Waals surface area (Å²) in [6.45, 7) is 12.9. The third-order valence-corrected chi connectivity index (χ3v) is 15.1. The van der Waals surface area contributed by atoms with Crippen LogP contribution in [0.2, 0.25) is 0 Å². The van der Waals surface area contributed by atoms with Gasteiger partial charge in [-0.2, -0.15) is 0 Å². The summed E-state index contributed by atoms with van der Waals surface area (Å²) in [5.74, 6) is -5.78. The molecule has 0 saturated carbocycles. The van der Waals surface area contributed by atoms with E-state index in [1.165, 1.54) is 18.2 Å². The summed E-state index contributed by atoms with van der Waals surface area (Å²) in [5.41, 5.74) is -2.95. The number of esters is 2. The molecule has 0 spiro atoms. The molecule has 2 aromatic rings. The van der Waals surface area contributed by atoms with Crippen LogP contribution in [0.15, 0.2) is 53.6 Å². The van der Waals surface area contributed by atoms with Crippen molar-refractivity contribution in [2.24, 2.45) is 23.7 Å². The molecule has 14 atom stereocenters. The van der Waals surface area contributed by atoms with Gasteiger partial charge in [0.1, 0.15) is 24.1 Å². The topological polar surface area (TPSA) is 253 Å². The van der Waals surface area contributed by atoms with Gasteiger partial charge in [0.25, 0.3) is 5.69 Å². The van der Waals surface area contributed by atoms with Crippen LogP contribution >= 0.6 is 0 Å². The molecule has 3 fully saturated rings. The first-order valence-corrected chi connectivity index (χ1v) is 24.1. The Bertz CT molecular complexity index is 2180. The number of ketones is 1. The van der Waals surface area contributed by atoms with E-state index in [9.17, 15) is 42.8 Å². The number of nitrogens with one attached hydrogen (secondary N) is 1. The third kappa shape index (κ3) is 11.8. The normalized spacial score (nSPS) is 34.5. The first kappa shape index (κ1) is 53.3. The van der Waals surface area contributed by atoms with Gasteiger partial charge in [-0.3, -0.25) is 34.4 Å². The molecular weight excluding hydrogens is 895 g/mol. The number of benzene rings is 1. The monoisotopic (exact) mass is 961 g/mol. The van der Waals surface area contributed by atoms with E-state index in [-0.39, 0.29) is 60.9 Å². The minimum atomic E-state index is -4.22. The van der Waals surface area contributed by atoms with E-state index in [1.54, 1.807) is 66.7 Å². The minimum absolute atomic E-state index is 0.00489. The molecule has 0 bridgehead atoms. The van der Waals surface area contributed by atoms with Crippen molar-refractivity contribution in [1.82, 2.24) is 19.5 Å². The summed E-state index contributed by atoms with van der Waals surface area (Å²) in [6.07, 6.45) is -5.25. The Kier molecular flexibility index (Phi) is 17.3. The Labute approximate surface area is 392 Å². The number of ether oxygens (including phenoxy) is 6. The highest BCUT2D eigenvalue weighted by Gasteiger charge is 2.60. The molecule has 372 valence electrons. The number of nitro groups is 1. The first-order valence-electron chi connectivity index (χ1n) is 22.7. The van der Waals surface area contributed by atoms with Gasteiger partial charge in [-0.15, -0.1) is 0 Å². The van der Waals surface area contributed by atoms with Crippen molar-refractivity contribution in [2.75, 3.05) is 34.3 Å². The van der Waals surface area contributed by atoms with Gasteiger partial charge in [-0.05, 0) is 85.3 Å². The highest BCUT2D eigenvalue weighted by molar-refractivity contribution is 7.89. The van der Waals surface area contributed by atoms with Crippen LogP contribution in [0.4, 0.5) is 10.5 Å². The van der Waals surface area contributed by atoms with Gasteiger partial charge in [-0.25, -0.2) is 17.9 Å². The van der Waals surface area contributed by atoms with Crippen LogP contribution in [0.1, 0.15) is 80.3 Å². The van der Waals surface area contributed by atoms with E-state index in [2.05, 4.69) is 9.71 Å². The number of hydrogen-bond acceptors (Lipinski definition) is 17. The van der Waals surface area contributed by atoms with E-state index in [1.807, 2.05) is 25.9 Å². The lowest BCUT2D eigenvalue weighted by Crippen LogP contribution is -2.61. The number of nitro benzene ring substituents is 1. The molecule has 0 unspecified atom stereocenters. The zero-order valence-electron chi connectivity index (χ0n) is 40.1. The van der Waals surface area contributed by atoms with Gasteiger partial charge < -0.3 is 38.4 Å². The van der Waals surface area contributed by atoms with Crippen molar-refractivity contribution < 1.29 is 66.0 Å². The predicted octanol–water partition coefficient (Wildman–Crippen LogP) is 4.06. The summed E-state index contributed by atoms with van der Waals surface area (Å²) < 4.78 is 67.0. The second-order valence-electron chi connectivity index (χ2n) is 18.7. The molecule has 0 radical (unpaired) electrons. The average molecular weight is 962 g/mol. The second kappa shape index (κ2) is 21.8. The molecule has 1 amide bonds. The van der Waals surface area contributed by atoms with Crippen LogP contribution < -0.4 is 4.72 Å². The molecule has 4 heterocycles. The molecule has 67 heavy (non-hydrogen) atoms. The molecule has 2 N–H and O–H groups in total. The molecule has 3 saturated heterocycles. The van der Waals surface area contributed by atoms with E-state index < -0.39 is 105 Å². The predicted molar refractivity (Wildman–Crippen MR) is 241 cm³/mol. The highest BCUT2D eigenvalue weighted by atomic mass is 32.2. The number of rotatable bonds is 14. The molecule has 20 nitrogen and oxygen atoms in total. The van der Waals surface area contributed by atoms with Crippen LogP contribution in [0, 0.1) is 33.8 Å². The smallest absolute Gasteiger partial charge is 0.410 e. The summed E-state index contributed by atoms with van der Waals surface area (Å²) in [4.78, 5) is 75.1. The zero-order chi connectivity index (χ0) is 49.8. The largest absolute Gasteiger partial charge is 0.461 e. The fourth-order valence-electron chi connectivity index (χ4n) is 10.0. The quantitative estimate of drug-likeness (QED) is 0.117. The van der Waals surface area contributed by atoms with Crippen molar-refractivity contribution in [3.8, 4) is 0 Å². The van der Waals surface area contributed by atoms with Crippen molar-refractivity contribution in [3.63, 3.8) is 0 Å². The Balaban J connectivity index is 1.57. The number of aliphatic hydroxyl groups excluding tert-OH is 1. The molecular formula is C46H67N5O15S. The Morgan fingerprint density at radius 3 is 2.31 bits per heavy atom. The Morgan fingerprint density at radius 1 is 1.06 bits per heavy atom. The van der Waals surface area contributed by atoms with E-state index in [0.29, 0.717) is 12.1 Å². The maximum Gasteiger partial charge on any atom is 0.410 e. The van der Waals surface area contributed by atoms with Crippen molar-refractivity contribution in [3.05, 3.63) is 64.5 Å². The molecule has 5 rings (SSSR count). The number of non-ortho nitro benzene ring substituents is 1. The summed E-state index contributed by atoms with van der Waals surface area (Å²) in [5, 5.41) is 22.9. The number of methoxy groups -OCH3 is 1. The van der Waals surface area contributed by atoms with Crippen molar-refractivity contribution in [2.45, 2.75) is 146 Å². The zero-order valence-corrected chi connectivity index (χ0v) is 41.0. The number of cyclic esters (lactones) is 1. The van der Waals surface area contributed by atoms with E-state index in [4.69, 9.17) is 28.4 Å². The number of aromatic nitrogens is 1. The fourth-order valence-corrected chi connectivity index (χ4v) is 11.1. The van der Waals surface area contributed by atoms with Crippen LogP contribution in [0.25, 0.3) is 0 Å². The molecule has 1 aromatic carbocycles. The van der Waals surface area contributed by atoms with Crippen LogP contribution in [0.3, 0.4) is 0 Å². The van der Waals surface area contributed by atoms with E-state index >= 15 is 0 Å². The van der Waals surface area contributed by atoms with Gasteiger partial charge in [0.05, 0.1) is 51.7 Å². The lowest BCUT2D eigenvalue weighted by Gasteiger charge is -2.48. The number of hydrogen-bond donors (Lipinski definition) is 2. The Hall–Kier alpha value is -4.64. The fraction of sp³-hybridized carbons (Fsp3) is 0.674. The highest BCUT2D eigenvalue weighted by Crippen LogP contribution is 2.44. The standard InChI is InChI=1S/C46H67N5O15S/c1-12-35-46(8)40(50(44(56)66-46)22-21-48-67(59,60)33-18-16-32(17-19-33)51(57)58)28(4)37(53)26(2)25-45(7,61-11)41(65-43-38(54)34(49(9)10)23-27(3)62-43)29(5)39(30(6)42(55)63-35)64-36(52)24-31-15-13-14-20-47-31/h13-20,26-30,34-35,38-41,43,48,54H,12,21-25H2,1-11H3/t26-,27-,28+,29-,30-,34+,35-,38-,39-,40+,41-,43+,45-,46-/m1/s1. The lowest BCUT2D eigenvalue weighted by molar-refractivity contribution is -0.384. The number of carbonyl (C=O) groups is 4. The molecule has 3 aliphatic heterocycles. The third-order valence-electron chi connectivity index (χ3n) is 13.7. The van der Waals surface area contributed by atoms with Gasteiger partial charge in [0.15, 0.2) is 11.9 Å². The van der Waals surface area contributed by atoms with Gasteiger partial charge in [0, 0.05) is 62.3 Å². The van der Waals surface area contributed by atoms with Crippen LogP contribution in [0.5, 0.6) is 0 Å². The summed E-state index contributed by atoms with van der Waals surface area (Å²) in [6, 6.07) is 7.90. The maximum absolute atomic E-state index is 14.9. The number of sulfonamides is 1. The van der Waals surface area contributed by atoms with Gasteiger partial charge >= 0.3 is 18.0 Å².